The van der Waals surface area contributed by atoms with Crippen molar-refractivity contribution in [2.45, 2.75) is 25.4 Å². The van der Waals surface area contributed by atoms with Crippen LogP contribution < -0.4 is 5.32 Å². The molecular weight excluding hydrogens is 194 g/mol. The van der Waals surface area contributed by atoms with Crippen LogP contribution in [0.25, 0.3) is 0 Å². The first kappa shape index (κ1) is 10.4. The molecule has 0 aromatic heterocycles. The molecule has 1 N–H and O–H groups in total. The Kier molecular flexibility index (Phi) is 2.65. The fourth-order valence-electron chi connectivity index (χ4n) is 2.41. The molecule has 2 aliphatic heterocycles. The maximum absolute atomic E-state index is 11.9. The van der Waals surface area contributed by atoms with Crippen LogP contribution in [0.3, 0.4) is 0 Å². The third kappa shape index (κ3) is 1.71. The van der Waals surface area contributed by atoms with Gasteiger partial charge >= 0.3 is 0 Å². The van der Waals surface area contributed by atoms with Crippen molar-refractivity contribution in [1.29, 1.82) is 0 Å². The Morgan fingerprint density at radius 3 is 2.73 bits per heavy atom. The van der Waals surface area contributed by atoms with Crippen LogP contribution in [0.5, 0.6) is 0 Å². The highest BCUT2D eigenvalue weighted by molar-refractivity contribution is 5.94. The van der Waals surface area contributed by atoms with Gasteiger partial charge in [0.1, 0.15) is 6.04 Å². The number of likely N-dealkylation sites (N-methyl/N-ethyl adjacent to an activating group) is 1. The maximum Gasteiger partial charge on any atom is 0.245 e. The van der Waals surface area contributed by atoms with Gasteiger partial charge in [0.25, 0.3) is 0 Å². The highest BCUT2D eigenvalue weighted by Gasteiger charge is 2.39. The van der Waals surface area contributed by atoms with E-state index in [0.717, 1.165) is 19.5 Å². The Morgan fingerprint density at radius 2 is 2.13 bits per heavy atom. The van der Waals surface area contributed by atoms with Gasteiger partial charge in [-0.2, -0.15) is 0 Å². The summed E-state index contributed by atoms with van der Waals surface area (Å²) in [5, 5.41) is 3.22. The number of piperazine rings is 1. The molecule has 5 heteroatoms. The molecule has 5 nitrogen and oxygen atoms in total. The van der Waals surface area contributed by atoms with Crippen molar-refractivity contribution in [3.05, 3.63) is 0 Å². The maximum atomic E-state index is 11.9. The Morgan fingerprint density at radius 1 is 1.40 bits per heavy atom. The van der Waals surface area contributed by atoms with E-state index in [4.69, 9.17) is 0 Å². The van der Waals surface area contributed by atoms with Crippen molar-refractivity contribution in [2.24, 2.45) is 0 Å². The van der Waals surface area contributed by atoms with Gasteiger partial charge in [0.05, 0.1) is 6.54 Å². The highest BCUT2D eigenvalue weighted by atomic mass is 16.2. The van der Waals surface area contributed by atoms with Crippen molar-refractivity contribution < 1.29 is 9.59 Å². The summed E-state index contributed by atoms with van der Waals surface area (Å²) in [6, 6.07) is -0.105. The summed E-state index contributed by atoms with van der Waals surface area (Å²) in [4.78, 5) is 26.9. The van der Waals surface area contributed by atoms with E-state index in [0.29, 0.717) is 0 Å². The van der Waals surface area contributed by atoms with E-state index in [-0.39, 0.29) is 30.4 Å². The molecule has 0 radical (unpaired) electrons. The quantitative estimate of drug-likeness (QED) is 0.607. The van der Waals surface area contributed by atoms with Crippen molar-refractivity contribution in [1.82, 2.24) is 15.1 Å². The topological polar surface area (TPSA) is 52.7 Å². The molecule has 2 unspecified atom stereocenters. The predicted octanol–water partition coefficient (Wildman–Crippen LogP) is -0.963. The molecule has 0 aliphatic carbocycles. The van der Waals surface area contributed by atoms with Crippen LogP contribution in [-0.4, -0.2) is 60.4 Å². The van der Waals surface area contributed by atoms with Gasteiger partial charge in [-0.1, -0.05) is 0 Å². The molecule has 2 fully saturated rings. The van der Waals surface area contributed by atoms with Gasteiger partial charge in [-0.15, -0.1) is 0 Å². The zero-order valence-corrected chi connectivity index (χ0v) is 9.19. The van der Waals surface area contributed by atoms with Gasteiger partial charge in [0, 0.05) is 19.6 Å². The smallest absolute Gasteiger partial charge is 0.245 e. The summed E-state index contributed by atoms with van der Waals surface area (Å²) >= 11 is 0. The van der Waals surface area contributed by atoms with Crippen LogP contribution in [0, 0.1) is 0 Å². The predicted molar refractivity (Wildman–Crippen MR) is 55.2 cm³/mol. The Bertz CT molecular complexity index is 286. The van der Waals surface area contributed by atoms with Crippen molar-refractivity contribution in [3.63, 3.8) is 0 Å². The van der Waals surface area contributed by atoms with E-state index >= 15 is 0 Å². The summed E-state index contributed by atoms with van der Waals surface area (Å²) in [5.41, 5.74) is 0. The number of rotatable bonds is 1. The molecule has 0 aromatic rings. The molecule has 0 saturated carbocycles. The van der Waals surface area contributed by atoms with Gasteiger partial charge < -0.3 is 15.1 Å². The minimum absolute atomic E-state index is 0.0431. The van der Waals surface area contributed by atoms with Crippen molar-refractivity contribution in [3.8, 4) is 0 Å². The van der Waals surface area contributed by atoms with Crippen LogP contribution in [0.15, 0.2) is 0 Å². The molecule has 84 valence electrons. The number of nitrogens with one attached hydrogen (secondary N) is 1. The number of nitrogens with zero attached hydrogens (tertiary/aromatic N) is 2. The Hall–Kier alpha value is -1.10. The second-order valence-corrected chi connectivity index (χ2v) is 4.32. The lowest BCUT2D eigenvalue weighted by Crippen LogP contribution is -2.61. The highest BCUT2D eigenvalue weighted by Crippen LogP contribution is 2.18. The minimum Gasteiger partial charge on any atom is -0.335 e. The molecule has 0 aromatic carbocycles. The number of carbonyl (C=O) groups is 2. The fraction of sp³-hybridized carbons (Fsp3) is 0.800. The monoisotopic (exact) mass is 211 g/mol. The molecule has 2 rings (SSSR count). The lowest BCUT2D eigenvalue weighted by atomic mass is 10.1. The van der Waals surface area contributed by atoms with E-state index in [1.807, 2.05) is 6.92 Å². The zero-order valence-electron chi connectivity index (χ0n) is 9.19. The standard InChI is InChI=1S/C10H17N3O2/c1-7-10(15)12(2)6-9(14)13(7)8-3-4-11-5-8/h7-8,11H,3-6H2,1-2H3. The first-order chi connectivity index (χ1) is 7.11. The minimum atomic E-state index is -0.304. The Labute approximate surface area is 89.4 Å². The molecule has 2 atom stereocenters. The summed E-state index contributed by atoms with van der Waals surface area (Å²) in [6.07, 6.45) is 0.951. The summed E-state index contributed by atoms with van der Waals surface area (Å²) in [6.45, 7) is 3.78. The number of carbonyl (C=O) groups excluding carboxylic acids is 2. The van der Waals surface area contributed by atoms with E-state index < -0.39 is 0 Å². The van der Waals surface area contributed by atoms with Crippen molar-refractivity contribution >= 4 is 11.8 Å². The first-order valence-corrected chi connectivity index (χ1v) is 5.38. The zero-order chi connectivity index (χ0) is 11.0. The fourth-order valence-corrected chi connectivity index (χ4v) is 2.41. The lowest BCUT2D eigenvalue weighted by Gasteiger charge is -2.40. The summed E-state index contributed by atoms with van der Waals surface area (Å²) in [7, 11) is 1.68. The van der Waals surface area contributed by atoms with Gasteiger partial charge in [-0.3, -0.25) is 9.59 Å². The third-order valence-electron chi connectivity index (χ3n) is 3.24. The SMILES string of the molecule is CC1C(=O)N(C)CC(=O)N1C1CCNC1. The molecular formula is C10H17N3O2. The second kappa shape index (κ2) is 3.81. The number of hydrogen-bond acceptors (Lipinski definition) is 3. The Balaban J connectivity index is 2.15. The average Bonchev–Trinajstić information content (AvgIpc) is 2.68. The summed E-state index contributed by atoms with van der Waals surface area (Å²) in [5.74, 6) is 0.111. The number of hydrogen-bond donors (Lipinski definition) is 1. The second-order valence-electron chi connectivity index (χ2n) is 4.32. The van der Waals surface area contributed by atoms with E-state index in [1.54, 1.807) is 11.9 Å². The average molecular weight is 211 g/mol. The molecule has 0 spiro atoms. The van der Waals surface area contributed by atoms with Crippen LogP contribution in [0.2, 0.25) is 0 Å². The lowest BCUT2D eigenvalue weighted by molar-refractivity contribution is -0.155. The van der Waals surface area contributed by atoms with E-state index in [9.17, 15) is 9.59 Å². The molecule has 2 saturated heterocycles. The van der Waals surface area contributed by atoms with Crippen LogP contribution >= 0.6 is 0 Å². The largest absolute Gasteiger partial charge is 0.335 e. The van der Waals surface area contributed by atoms with E-state index in [1.165, 1.54) is 4.90 Å². The van der Waals surface area contributed by atoms with Gasteiger partial charge in [0.15, 0.2) is 0 Å². The van der Waals surface area contributed by atoms with Crippen LogP contribution in [0.4, 0.5) is 0 Å². The van der Waals surface area contributed by atoms with E-state index in [2.05, 4.69) is 5.32 Å². The van der Waals surface area contributed by atoms with Crippen molar-refractivity contribution in [2.75, 3.05) is 26.7 Å². The van der Waals surface area contributed by atoms with Crippen LogP contribution in [0.1, 0.15) is 13.3 Å². The first-order valence-electron chi connectivity index (χ1n) is 5.38. The summed E-state index contributed by atoms with van der Waals surface area (Å²) < 4.78 is 0. The van der Waals surface area contributed by atoms with Gasteiger partial charge in [-0.25, -0.2) is 0 Å². The molecule has 0 bridgehead atoms. The molecule has 2 amide bonds. The third-order valence-corrected chi connectivity index (χ3v) is 3.24. The van der Waals surface area contributed by atoms with Gasteiger partial charge in [-0.05, 0) is 19.9 Å². The molecule has 2 aliphatic rings. The molecule has 2 heterocycles. The molecule has 15 heavy (non-hydrogen) atoms. The van der Waals surface area contributed by atoms with Gasteiger partial charge in [0.2, 0.25) is 11.8 Å². The van der Waals surface area contributed by atoms with Crippen LogP contribution in [-0.2, 0) is 9.59 Å². The number of amides is 2. The normalized spacial score (nSPS) is 32.7.